The van der Waals surface area contributed by atoms with Gasteiger partial charge >= 0.3 is 11.9 Å². The third-order valence-corrected chi connectivity index (χ3v) is 5.89. The first kappa shape index (κ1) is 25.6. The molecule has 3 heterocycles. The number of hydrogen-bond acceptors (Lipinski definition) is 8. The van der Waals surface area contributed by atoms with Gasteiger partial charge in [0, 0.05) is 32.4 Å². The summed E-state index contributed by atoms with van der Waals surface area (Å²) in [7, 11) is 0. The van der Waals surface area contributed by atoms with Crippen LogP contribution in [0.4, 0.5) is 16.3 Å². The fraction of sp³-hybridized carbons (Fsp3) is 0.571. The lowest BCUT2D eigenvalue weighted by atomic mass is 10.2. The van der Waals surface area contributed by atoms with Gasteiger partial charge in [-0.2, -0.15) is 9.78 Å². The number of carbonyl (C=O) groups excluding carboxylic acids is 3. The van der Waals surface area contributed by atoms with Crippen LogP contribution in [0, 0.1) is 24.0 Å². The molecular formula is C21H30N8O6. The summed E-state index contributed by atoms with van der Waals surface area (Å²) in [6.07, 6.45) is 1.19. The third kappa shape index (κ3) is 5.58. The molecular weight excluding hydrogens is 460 g/mol. The molecule has 0 aromatic carbocycles. The van der Waals surface area contributed by atoms with Crippen LogP contribution < -0.4 is 5.32 Å². The number of aryl methyl sites for hydroxylation is 2. The normalized spacial score (nSPS) is 15.5. The van der Waals surface area contributed by atoms with Crippen LogP contribution in [-0.4, -0.2) is 85.0 Å². The van der Waals surface area contributed by atoms with Gasteiger partial charge in [0.2, 0.25) is 5.91 Å². The van der Waals surface area contributed by atoms with Crippen molar-refractivity contribution in [3.8, 4) is 0 Å². The Morgan fingerprint density at radius 1 is 1.11 bits per heavy atom. The SMILES string of the molecule is CCOC(=O)N1CCN(C(=O)C(C)n2cc(NC(=O)C(C)n3nc([N+](=O)[O-])cc3C)c(C)n2)CC1. The van der Waals surface area contributed by atoms with E-state index in [-0.39, 0.29) is 17.8 Å². The zero-order valence-corrected chi connectivity index (χ0v) is 20.4. The minimum Gasteiger partial charge on any atom is -0.450 e. The molecule has 14 heteroatoms. The van der Waals surface area contributed by atoms with Crippen molar-refractivity contribution >= 4 is 29.4 Å². The molecule has 1 fully saturated rings. The van der Waals surface area contributed by atoms with Gasteiger partial charge in [0.25, 0.3) is 5.91 Å². The van der Waals surface area contributed by atoms with Gasteiger partial charge in [-0.1, -0.05) is 0 Å². The molecule has 14 nitrogen and oxygen atoms in total. The first-order chi connectivity index (χ1) is 16.5. The van der Waals surface area contributed by atoms with Crippen LogP contribution in [0.15, 0.2) is 12.3 Å². The van der Waals surface area contributed by atoms with Gasteiger partial charge in [-0.05, 0) is 39.5 Å². The fourth-order valence-corrected chi connectivity index (χ4v) is 3.80. The molecule has 0 bridgehead atoms. The molecule has 0 aliphatic carbocycles. The van der Waals surface area contributed by atoms with Crippen molar-refractivity contribution in [2.24, 2.45) is 0 Å². The molecule has 0 radical (unpaired) electrons. The van der Waals surface area contributed by atoms with E-state index in [9.17, 15) is 24.5 Å². The molecule has 0 spiro atoms. The number of nitrogens with one attached hydrogen (secondary N) is 1. The summed E-state index contributed by atoms with van der Waals surface area (Å²) in [5, 5.41) is 22.0. The van der Waals surface area contributed by atoms with Gasteiger partial charge in [0.15, 0.2) is 0 Å². The van der Waals surface area contributed by atoms with E-state index in [4.69, 9.17) is 4.74 Å². The molecule has 1 N–H and O–H groups in total. The number of piperazine rings is 1. The van der Waals surface area contributed by atoms with Gasteiger partial charge in [0.1, 0.15) is 12.1 Å². The maximum atomic E-state index is 13.0. The highest BCUT2D eigenvalue weighted by atomic mass is 16.6. The summed E-state index contributed by atoms with van der Waals surface area (Å²) >= 11 is 0. The second-order valence-electron chi connectivity index (χ2n) is 8.31. The van der Waals surface area contributed by atoms with Crippen LogP contribution in [0.1, 0.15) is 44.2 Å². The first-order valence-corrected chi connectivity index (χ1v) is 11.3. The van der Waals surface area contributed by atoms with Crippen LogP contribution in [0.2, 0.25) is 0 Å². The lowest BCUT2D eigenvalue weighted by Gasteiger charge is -2.35. The lowest BCUT2D eigenvalue weighted by Crippen LogP contribution is -2.52. The molecule has 190 valence electrons. The maximum Gasteiger partial charge on any atom is 0.409 e. The number of ether oxygens (including phenoxy) is 1. The monoisotopic (exact) mass is 490 g/mol. The second-order valence-corrected chi connectivity index (χ2v) is 8.31. The number of nitrogens with zero attached hydrogens (tertiary/aromatic N) is 7. The second kappa shape index (κ2) is 10.5. The quantitative estimate of drug-likeness (QED) is 0.453. The molecule has 3 amide bonds. The van der Waals surface area contributed by atoms with Gasteiger partial charge in [-0.25, -0.2) is 4.79 Å². The highest BCUT2D eigenvalue weighted by Gasteiger charge is 2.30. The third-order valence-electron chi connectivity index (χ3n) is 5.89. The Hall–Kier alpha value is -3.97. The van der Waals surface area contributed by atoms with E-state index in [1.165, 1.54) is 15.4 Å². The molecule has 2 atom stereocenters. The molecule has 0 saturated carbocycles. The minimum absolute atomic E-state index is 0.151. The van der Waals surface area contributed by atoms with Gasteiger partial charge in [-0.15, -0.1) is 0 Å². The number of aromatic nitrogens is 4. The van der Waals surface area contributed by atoms with Crippen molar-refractivity contribution in [1.82, 2.24) is 29.4 Å². The van der Waals surface area contributed by atoms with Crippen molar-refractivity contribution < 1.29 is 24.0 Å². The van der Waals surface area contributed by atoms with Crippen molar-refractivity contribution in [2.75, 3.05) is 38.1 Å². The molecule has 1 aliphatic heterocycles. The van der Waals surface area contributed by atoms with Crippen LogP contribution in [0.25, 0.3) is 0 Å². The Bertz CT molecular complexity index is 1120. The van der Waals surface area contributed by atoms with Gasteiger partial charge < -0.3 is 30.0 Å². The average Bonchev–Trinajstić information content (AvgIpc) is 3.40. The summed E-state index contributed by atoms with van der Waals surface area (Å²) in [4.78, 5) is 51.3. The molecule has 2 aromatic heterocycles. The Morgan fingerprint density at radius 3 is 2.31 bits per heavy atom. The maximum absolute atomic E-state index is 13.0. The van der Waals surface area contributed by atoms with Crippen LogP contribution in [-0.2, 0) is 14.3 Å². The highest BCUT2D eigenvalue weighted by molar-refractivity contribution is 5.94. The molecule has 3 rings (SSSR count). The summed E-state index contributed by atoms with van der Waals surface area (Å²) in [5.74, 6) is -0.911. The molecule has 1 aliphatic rings. The largest absolute Gasteiger partial charge is 0.450 e. The zero-order valence-electron chi connectivity index (χ0n) is 20.4. The summed E-state index contributed by atoms with van der Waals surface area (Å²) in [6.45, 7) is 10.2. The van der Waals surface area contributed by atoms with Crippen LogP contribution in [0.5, 0.6) is 0 Å². The van der Waals surface area contributed by atoms with E-state index in [0.29, 0.717) is 49.9 Å². The lowest BCUT2D eigenvalue weighted by molar-refractivity contribution is -0.389. The van der Waals surface area contributed by atoms with E-state index in [2.05, 4.69) is 15.5 Å². The predicted molar refractivity (Wildman–Crippen MR) is 124 cm³/mol. The summed E-state index contributed by atoms with van der Waals surface area (Å²) in [5.41, 5.74) is 1.42. The van der Waals surface area contributed by atoms with E-state index >= 15 is 0 Å². The smallest absolute Gasteiger partial charge is 0.409 e. The Morgan fingerprint density at radius 2 is 1.74 bits per heavy atom. The topological polar surface area (TPSA) is 158 Å². The van der Waals surface area contributed by atoms with Crippen molar-refractivity contribution in [3.05, 3.63) is 33.8 Å². The summed E-state index contributed by atoms with van der Waals surface area (Å²) in [6, 6.07) is -0.129. The van der Waals surface area contributed by atoms with Crippen LogP contribution >= 0.6 is 0 Å². The van der Waals surface area contributed by atoms with Gasteiger partial charge in [0.05, 0.1) is 34.8 Å². The number of nitro groups is 1. The number of amides is 3. The zero-order chi connectivity index (χ0) is 25.9. The van der Waals surface area contributed by atoms with Gasteiger partial charge in [-0.3, -0.25) is 14.3 Å². The Kier molecular flexibility index (Phi) is 7.71. The standard InChI is InChI=1S/C21H30N8O6/c1-6-35-21(32)26-9-7-25(8-10-26)20(31)16(5)27-12-17(14(3)23-27)22-19(30)15(4)28-13(2)11-18(24-28)29(33)34/h11-12,15-16H,6-10H2,1-5H3,(H,22,30). The van der Waals surface area contributed by atoms with Crippen molar-refractivity contribution in [2.45, 2.75) is 46.7 Å². The molecule has 35 heavy (non-hydrogen) atoms. The van der Waals surface area contributed by atoms with E-state index in [1.807, 2.05) is 0 Å². The summed E-state index contributed by atoms with van der Waals surface area (Å²) < 4.78 is 7.78. The number of hydrogen-bond donors (Lipinski definition) is 1. The van der Waals surface area contributed by atoms with Crippen molar-refractivity contribution in [1.29, 1.82) is 0 Å². The van der Waals surface area contributed by atoms with E-state index in [1.54, 1.807) is 50.6 Å². The van der Waals surface area contributed by atoms with Crippen molar-refractivity contribution in [3.63, 3.8) is 0 Å². The van der Waals surface area contributed by atoms with E-state index < -0.39 is 22.9 Å². The Labute approximate surface area is 201 Å². The first-order valence-electron chi connectivity index (χ1n) is 11.3. The predicted octanol–water partition coefficient (Wildman–Crippen LogP) is 1.67. The van der Waals surface area contributed by atoms with E-state index in [0.717, 1.165) is 0 Å². The number of carbonyl (C=O) groups is 3. The fourth-order valence-electron chi connectivity index (χ4n) is 3.80. The minimum atomic E-state index is -0.804. The average molecular weight is 491 g/mol. The molecule has 2 unspecified atom stereocenters. The Balaban J connectivity index is 1.63. The highest BCUT2D eigenvalue weighted by Crippen LogP contribution is 2.21. The number of anilines is 1. The molecule has 2 aromatic rings. The number of rotatable bonds is 7. The van der Waals surface area contributed by atoms with Crippen LogP contribution in [0.3, 0.4) is 0 Å². The molecule has 1 saturated heterocycles.